The molecule has 12 aromatic rings. The van der Waals surface area contributed by atoms with E-state index < -0.39 is 5.41 Å². The smallest absolute Gasteiger partial charge is 0.0714 e. The molecule has 0 bridgehead atoms. The lowest BCUT2D eigenvalue weighted by Gasteiger charge is -2.35. The molecular weight excluding hydrogens is 875 g/mol. The van der Waals surface area contributed by atoms with Crippen molar-refractivity contribution >= 4 is 59.3 Å². The van der Waals surface area contributed by atoms with Crippen molar-refractivity contribution in [3.8, 4) is 44.5 Å². The summed E-state index contributed by atoms with van der Waals surface area (Å²) in [5, 5.41) is 5.04. The Hall–Kier alpha value is -8.30. The maximum atomic E-state index is 2.50. The van der Waals surface area contributed by atoms with Gasteiger partial charge in [-0.2, -0.15) is 0 Å². The average Bonchev–Trinajstić information content (AvgIpc) is 3.95. The molecule has 1 aromatic heterocycles. The van der Waals surface area contributed by atoms with Crippen LogP contribution in [0.4, 0.5) is 17.1 Å². The summed E-state index contributed by atoms with van der Waals surface area (Å²) in [7, 11) is 0. The van der Waals surface area contributed by atoms with E-state index in [1.54, 1.807) is 0 Å². The highest BCUT2D eigenvalue weighted by Crippen LogP contribution is 2.58. The van der Waals surface area contributed by atoms with Crippen LogP contribution in [0.3, 0.4) is 0 Å². The Morgan fingerprint density at radius 1 is 0.380 bits per heavy atom. The van der Waals surface area contributed by atoms with Crippen molar-refractivity contribution < 1.29 is 0 Å². The normalized spacial score (nSPS) is 12.8. The molecule has 0 unspecified atom stereocenters. The first-order valence-corrected chi connectivity index (χ1v) is 25.6. The number of thiophene rings is 1. The monoisotopic (exact) mass is 925 g/mol. The molecule has 0 saturated heterocycles. The molecule has 0 saturated carbocycles. The van der Waals surface area contributed by atoms with Gasteiger partial charge in [-0.25, -0.2) is 0 Å². The van der Waals surface area contributed by atoms with Gasteiger partial charge in [-0.1, -0.05) is 239 Å². The Kier molecular flexibility index (Phi) is 10.2. The number of rotatable bonds is 8. The van der Waals surface area contributed by atoms with Gasteiger partial charge in [0.15, 0.2) is 0 Å². The summed E-state index contributed by atoms with van der Waals surface area (Å²) in [5.74, 6) is 0. The van der Waals surface area contributed by atoms with Gasteiger partial charge in [-0.05, 0) is 119 Å². The van der Waals surface area contributed by atoms with E-state index in [9.17, 15) is 0 Å². The summed E-state index contributed by atoms with van der Waals surface area (Å²) >= 11 is 1.88. The van der Waals surface area contributed by atoms with Gasteiger partial charge < -0.3 is 4.90 Å². The zero-order valence-electron chi connectivity index (χ0n) is 40.1. The molecule has 0 spiro atoms. The summed E-state index contributed by atoms with van der Waals surface area (Å²) in [6.07, 6.45) is 0. The molecule has 0 atom stereocenters. The maximum absolute atomic E-state index is 2.50. The minimum atomic E-state index is -0.543. The fourth-order valence-corrected chi connectivity index (χ4v) is 12.7. The fourth-order valence-electron chi connectivity index (χ4n) is 11.5. The predicted molar refractivity (Wildman–Crippen MR) is 304 cm³/mol. The second-order valence-electron chi connectivity index (χ2n) is 20.0. The van der Waals surface area contributed by atoms with Gasteiger partial charge in [0.25, 0.3) is 0 Å². The van der Waals surface area contributed by atoms with Gasteiger partial charge >= 0.3 is 0 Å². The van der Waals surface area contributed by atoms with Gasteiger partial charge in [0.05, 0.1) is 11.1 Å². The summed E-state index contributed by atoms with van der Waals surface area (Å²) in [5.41, 5.74) is 19.0. The average molecular weight is 926 g/mol. The highest BCUT2D eigenvalue weighted by molar-refractivity contribution is 7.26. The van der Waals surface area contributed by atoms with Gasteiger partial charge in [0, 0.05) is 37.1 Å². The molecule has 0 radical (unpaired) electrons. The Bertz CT molecular complexity index is 3890. The molecule has 0 aliphatic heterocycles. The largest absolute Gasteiger partial charge is 0.310 e. The van der Waals surface area contributed by atoms with Crippen molar-refractivity contribution in [3.63, 3.8) is 0 Å². The van der Waals surface area contributed by atoms with Crippen LogP contribution in [0.25, 0.3) is 75.5 Å². The van der Waals surface area contributed by atoms with Crippen molar-refractivity contribution in [2.75, 3.05) is 4.90 Å². The van der Waals surface area contributed by atoms with Gasteiger partial charge in [0.2, 0.25) is 0 Å². The number of fused-ring (bicyclic) bond motifs is 7. The van der Waals surface area contributed by atoms with Gasteiger partial charge in [-0.3, -0.25) is 0 Å². The molecule has 1 aliphatic rings. The van der Waals surface area contributed by atoms with Crippen LogP contribution in [0.1, 0.15) is 48.6 Å². The molecule has 11 aromatic carbocycles. The first-order valence-electron chi connectivity index (χ1n) is 24.7. The lowest BCUT2D eigenvalue weighted by Crippen LogP contribution is -2.28. The van der Waals surface area contributed by atoms with E-state index >= 15 is 0 Å². The molecule has 1 heterocycles. The van der Waals surface area contributed by atoms with Crippen LogP contribution >= 0.6 is 11.3 Å². The molecule has 71 heavy (non-hydrogen) atoms. The van der Waals surface area contributed by atoms with Crippen molar-refractivity contribution in [1.29, 1.82) is 0 Å². The first-order chi connectivity index (χ1) is 34.8. The number of hydrogen-bond donors (Lipinski definition) is 0. The van der Waals surface area contributed by atoms with E-state index in [1.807, 2.05) is 11.3 Å². The van der Waals surface area contributed by atoms with Gasteiger partial charge in [-0.15, -0.1) is 11.3 Å². The number of anilines is 3. The van der Waals surface area contributed by atoms with Crippen molar-refractivity contribution in [2.24, 2.45) is 0 Å². The van der Waals surface area contributed by atoms with Crippen LogP contribution in [0, 0.1) is 0 Å². The SMILES string of the molecule is CC(C)(C)c1ccc(-c2ccc(N(c3ccc4c(c3)C(c3ccccc3)(c3ccccc3)c3ccccc3-4)c3ccc4ccccc4c3-c3ccc(-c4cccc5c4sc4ccccc45)cc3)cc2)cc1. The lowest BCUT2D eigenvalue weighted by molar-refractivity contribution is 0.590. The van der Waals surface area contributed by atoms with Crippen molar-refractivity contribution in [2.45, 2.75) is 31.6 Å². The van der Waals surface area contributed by atoms with Crippen molar-refractivity contribution in [1.82, 2.24) is 0 Å². The third-order valence-electron chi connectivity index (χ3n) is 14.9. The van der Waals surface area contributed by atoms with E-state index in [1.165, 1.54) is 103 Å². The molecule has 338 valence electrons. The molecule has 1 aliphatic carbocycles. The van der Waals surface area contributed by atoms with Crippen molar-refractivity contribution in [3.05, 3.63) is 283 Å². The predicted octanol–water partition coefficient (Wildman–Crippen LogP) is 19.3. The summed E-state index contributed by atoms with van der Waals surface area (Å²) < 4.78 is 2.65. The summed E-state index contributed by atoms with van der Waals surface area (Å²) in [6, 6.07) is 95.1. The number of benzene rings is 11. The number of hydrogen-bond acceptors (Lipinski definition) is 2. The van der Waals surface area contributed by atoms with Crippen LogP contribution in [0.2, 0.25) is 0 Å². The molecule has 0 fully saturated rings. The molecule has 0 N–H and O–H groups in total. The van der Waals surface area contributed by atoms with Gasteiger partial charge in [0.1, 0.15) is 0 Å². The minimum absolute atomic E-state index is 0.0871. The standard InChI is InChI=1S/C69H51NS/c1-68(2,3)51-38-33-46(34-39-51)47-35-40-54(41-36-47)70(55-42-43-59-58-23-12-14-27-62(58)69(63(59)45-55,52-18-6-4-7-19-52)53-20-8-5-9-21-53)64-44-37-48-17-10-11-22-56(48)66(64)50-31-29-49(30-32-50)57-25-16-26-61-60-24-13-15-28-65(60)71-67(57)61/h4-45H,1-3H3. The van der Waals surface area contributed by atoms with E-state index in [0.29, 0.717) is 0 Å². The summed E-state index contributed by atoms with van der Waals surface area (Å²) in [4.78, 5) is 2.50. The Morgan fingerprint density at radius 3 is 1.65 bits per heavy atom. The second-order valence-corrected chi connectivity index (χ2v) is 21.1. The Labute approximate surface area is 420 Å². The Balaban J connectivity index is 1.03. The quantitative estimate of drug-likeness (QED) is 0.147. The van der Waals surface area contributed by atoms with Crippen LogP contribution in [0.15, 0.2) is 255 Å². The first kappa shape index (κ1) is 42.8. The van der Waals surface area contributed by atoms with E-state index in [0.717, 1.165) is 17.1 Å². The van der Waals surface area contributed by atoms with E-state index in [-0.39, 0.29) is 5.41 Å². The Morgan fingerprint density at radius 2 is 0.930 bits per heavy atom. The second kappa shape index (κ2) is 17.0. The molecule has 13 rings (SSSR count). The summed E-state index contributed by atoms with van der Waals surface area (Å²) in [6.45, 7) is 6.82. The lowest BCUT2D eigenvalue weighted by atomic mass is 9.67. The fraction of sp³-hybridized carbons (Fsp3) is 0.0725. The zero-order chi connectivity index (χ0) is 47.7. The van der Waals surface area contributed by atoms with Crippen LogP contribution in [0.5, 0.6) is 0 Å². The third kappa shape index (κ3) is 7.04. The zero-order valence-corrected chi connectivity index (χ0v) is 40.9. The van der Waals surface area contributed by atoms with Crippen LogP contribution < -0.4 is 4.90 Å². The molecule has 1 nitrogen and oxygen atoms in total. The molecule has 0 amide bonds. The van der Waals surface area contributed by atoms with Crippen LogP contribution in [-0.2, 0) is 10.8 Å². The highest BCUT2D eigenvalue weighted by atomic mass is 32.1. The van der Waals surface area contributed by atoms with E-state index in [2.05, 4.69) is 280 Å². The molecular formula is C69H51NS. The highest BCUT2D eigenvalue weighted by Gasteiger charge is 2.46. The third-order valence-corrected chi connectivity index (χ3v) is 16.2. The van der Waals surface area contributed by atoms with E-state index in [4.69, 9.17) is 0 Å². The molecule has 2 heteroatoms. The minimum Gasteiger partial charge on any atom is -0.310 e. The topological polar surface area (TPSA) is 3.24 Å². The maximum Gasteiger partial charge on any atom is 0.0714 e. The van der Waals surface area contributed by atoms with Crippen LogP contribution in [-0.4, -0.2) is 0 Å². The number of nitrogens with zero attached hydrogens (tertiary/aromatic N) is 1.